The van der Waals surface area contributed by atoms with Crippen LogP contribution in [0.2, 0.25) is 5.02 Å². The average Bonchev–Trinajstić information content (AvgIpc) is 2.61. The molecule has 94 valence electrons. The number of ketones is 1. The lowest BCUT2D eigenvalue weighted by Gasteiger charge is -2.06. The molecule has 0 saturated carbocycles. The Labute approximate surface area is 107 Å². The fourth-order valence-corrected chi connectivity index (χ4v) is 1.70. The second-order valence-corrected chi connectivity index (χ2v) is 4.16. The summed E-state index contributed by atoms with van der Waals surface area (Å²) in [6.45, 7) is 1.41. The number of benzene rings is 1. The van der Waals surface area contributed by atoms with Crippen molar-refractivity contribution in [2.75, 3.05) is 0 Å². The monoisotopic (exact) mass is 270 g/mol. The van der Waals surface area contributed by atoms with Crippen molar-refractivity contribution in [3.05, 3.63) is 52.3 Å². The second kappa shape index (κ2) is 4.86. The smallest absolute Gasteiger partial charge is 0.190 e. The van der Waals surface area contributed by atoms with Crippen LogP contribution < -0.4 is 0 Å². The first kappa shape index (κ1) is 12.7. The van der Waals surface area contributed by atoms with Crippen LogP contribution in [0.25, 0.3) is 0 Å². The van der Waals surface area contributed by atoms with Gasteiger partial charge in [0.15, 0.2) is 5.78 Å². The van der Waals surface area contributed by atoms with E-state index < -0.39 is 23.0 Å². The van der Waals surface area contributed by atoms with Crippen molar-refractivity contribution in [3.63, 3.8) is 0 Å². The predicted molar refractivity (Wildman–Crippen MR) is 62.7 cm³/mol. The Balaban J connectivity index is 2.31. The van der Waals surface area contributed by atoms with Crippen LogP contribution in [0.15, 0.2) is 24.4 Å². The van der Waals surface area contributed by atoms with Crippen LogP contribution in [0, 0.1) is 18.6 Å². The van der Waals surface area contributed by atoms with E-state index in [1.54, 1.807) is 6.92 Å². The molecule has 1 aromatic carbocycles. The first-order valence-corrected chi connectivity index (χ1v) is 5.53. The third-order valence-corrected chi connectivity index (χ3v) is 2.95. The number of aromatic nitrogens is 2. The van der Waals surface area contributed by atoms with Crippen LogP contribution in [-0.4, -0.2) is 15.6 Å². The minimum Gasteiger partial charge on any atom is -0.292 e. The summed E-state index contributed by atoms with van der Waals surface area (Å²) in [6.07, 6.45) is 1.38. The molecule has 0 radical (unpaired) electrons. The molecule has 0 saturated heterocycles. The molecule has 0 aliphatic rings. The van der Waals surface area contributed by atoms with Crippen LogP contribution in [0.1, 0.15) is 16.1 Å². The van der Waals surface area contributed by atoms with Gasteiger partial charge >= 0.3 is 0 Å². The van der Waals surface area contributed by atoms with Gasteiger partial charge in [-0.2, -0.15) is 5.10 Å². The molecule has 0 bridgehead atoms. The number of rotatable bonds is 3. The first-order chi connectivity index (χ1) is 8.50. The van der Waals surface area contributed by atoms with Gasteiger partial charge in [-0.05, 0) is 19.1 Å². The van der Waals surface area contributed by atoms with Crippen molar-refractivity contribution >= 4 is 17.4 Å². The molecule has 0 amide bonds. The normalized spacial score (nSPS) is 10.7. The number of hydrogen-bond acceptors (Lipinski definition) is 2. The molecule has 1 aromatic heterocycles. The summed E-state index contributed by atoms with van der Waals surface area (Å²) in [5.41, 5.74) is 0.0188. The molecule has 1 heterocycles. The number of hydrogen-bond donors (Lipinski definition) is 0. The Kier molecular flexibility index (Phi) is 3.43. The number of halogens is 3. The molecule has 0 N–H and O–H groups in total. The molecule has 0 aliphatic heterocycles. The van der Waals surface area contributed by atoms with E-state index in [9.17, 15) is 13.6 Å². The van der Waals surface area contributed by atoms with Crippen molar-refractivity contribution in [1.82, 2.24) is 9.78 Å². The molecule has 6 heteroatoms. The molecule has 0 spiro atoms. The van der Waals surface area contributed by atoms with Gasteiger partial charge in [0.25, 0.3) is 0 Å². The van der Waals surface area contributed by atoms with E-state index in [-0.39, 0.29) is 6.54 Å². The Morgan fingerprint density at radius 2 is 2.00 bits per heavy atom. The highest BCUT2D eigenvalue weighted by atomic mass is 35.5. The fourth-order valence-electron chi connectivity index (χ4n) is 1.56. The molecule has 18 heavy (non-hydrogen) atoms. The Morgan fingerprint density at radius 3 is 2.50 bits per heavy atom. The maximum atomic E-state index is 13.4. The van der Waals surface area contributed by atoms with Gasteiger partial charge in [-0.1, -0.05) is 17.7 Å². The highest BCUT2D eigenvalue weighted by Crippen LogP contribution is 2.16. The zero-order chi connectivity index (χ0) is 13.3. The lowest BCUT2D eigenvalue weighted by Crippen LogP contribution is -2.15. The van der Waals surface area contributed by atoms with E-state index in [0.29, 0.717) is 10.7 Å². The standard InChI is InChI=1S/C12H9ClF2N2O/c1-7-8(13)5-16-17(7)6-11(18)12-9(14)3-2-4-10(12)15/h2-5H,6H2,1H3. The molecule has 0 aliphatic carbocycles. The predicted octanol–water partition coefficient (Wildman–Crippen LogP) is 3.01. The minimum atomic E-state index is -0.879. The molecule has 0 atom stereocenters. The van der Waals surface area contributed by atoms with E-state index in [0.717, 1.165) is 12.1 Å². The lowest BCUT2D eigenvalue weighted by atomic mass is 10.1. The fraction of sp³-hybridized carbons (Fsp3) is 0.167. The number of carbonyl (C=O) groups excluding carboxylic acids is 1. The van der Waals surface area contributed by atoms with E-state index >= 15 is 0 Å². The van der Waals surface area contributed by atoms with Crippen molar-refractivity contribution in [3.8, 4) is 0 Å². The van der Waals surface area contributed by atoms with Crippen LogP contribution in [-0.2, 0) is 6.54 Å². The van der Waals surface area contributed by atoms with E-state index in [1.807, 2.05) is 0 Å². The van der Waals surface area contributed by atoms with E-state index in [2.05, 4.69) is 5.10 Å². The van der Waals surface area contributed by atoms with Gasteiger partial charge in [-0.15, -0.1) is 0 Å². The van der Waals surface area contributed by atoms with Gasteiger partial charge in [-0.3, -0.25) is 9.48 Å². The van der Waals surface area contributed by atoms with Crippen LogP contribution in [0.4, 0.5) is 8.78 Å². The van der Waals surface area contributed by atoms with Gasteiger partial charge in [0.2, 0.25) is 0 Å². The molecule has 3 nitrogen and oxygen atoms in total. The van der Waals surface area contributed by atoms with Crippen LogP contribution >= 0.6 is 11.6 Å². The quantitative estimate of drug-likeness (QED) is 0.804. The summed E-state index contributed by atoms with van der Waals surface area (Å²) >= 11 is 5.78. The zero-order valence-corrected chi connectivity index (χ0v) is 10.2. The average molecular weight is 271 g/mol. The van der Waals surface area contributed by atoms with E-state index in [1.165, 1.54) is 16.9 Å². The van der Waals surface area contributed by atoms with Crippen molar-refractivity contribution in [2.24, 2.45) is 0 Å². The summed E-state index contributed by atoms with van der Waals surface area (Å²) in [6, 6.07) is 3.29. The highest BCUT2D eigenvalue weighted by molar-refractivity contribution is 6.31. The minimum absolute atomic E-state index is 0.254. The molecule has 0 unspecified atom stereocenters. The Bertz CT molecular complexity index is 590. The first-order valence-electron chi connectivity index (χ1n) is 5.16. The molecular weight excluding hydrogens is 262 g/mol. The molecule has 2 rings (SSSR count). The Morgan fingerprint density at radius 1 is 1.39 bits per heavy atom. The molecule has 0 fully saturated rings. The van der Waals surface area contributed by atoms with Crippen molar-refractivity contribution in [2.45, 2.75) is 13.5 Å². The zero-order valence-electron chi connectivity index (χ0n) is 9.45. The van der Waals surface area contributed by atoms with E-state index in [4.69, 9.17) is 11.6 Å². The maximum Gasteiger partial charge on any atom is 0.190 e. The van der Waals surface area contributed by atoms with Crippen LogP contribution in [0.5, 0.6) is 0 Å². The third-order valence-electron chi connectivity index (χ3n) is 2.58. The van der Waals surface area contributed by atoms with Crippen molar-refractivity contribution < 1.29 is 13.6 Å². The second-order valence-electron chi connectivity index (χ2n) is 3.76. The van der Waals surface area contributed by atoms with Gasteiger partial charge in [0, 0.05) is 0 Å². The van der Waals surface area contributed by atoms with Gasteiger partial charge in [0.1, 0.15) is 18.2 Å². The number of carbonyl (C=O) groups is 1. The summed E-state index contributed by atoms with van der Waals surface area (Å²) in [4.78, 5) is 11.8. The number of Topliss-reactive ketones (excluding diaryl/α,β-unsaturated/α-hetero) is 1. The SMILES string of the molecule is Cc1c(Cl)cnn1CC(=O)c1c(F)cccc1F. The summed E-state index contributed by atoms with van der Waals surface area (Å²) in [5.74, 6) is -2.44. The summed E-state index contributed by atoms with van der Waals surface area (Å²) < 4.78 is 28.1. The third kappa shape index (κ3) is 2.26. The Hall–Kier alpha value is -1.75. The van der Waals surface area contributed by atoms with Gasteiger partial charge < -0.3 is 0 Å². The van der Waals surface area contributed by atoms with Crippen molar-refractivity contribution in [1.29, 1.82) is 0 Å². The molecular formula is C12H9ClF2N2O. The topological polar surface area (TPSA) is 34.9 Å². The molecule has 2 aromatic rings. The maximum absolute atomic E-state index is 13.4. The highest BCUT2D eigenvalue weighted by Gasteiger charge is 2.18. The van der Waals surface area contributed by atoms with Gasteiger partial charge in [-0.25, -0.2) is 8.78 Å². The lowest BCUT2D eigenvalue weighted by molar-refractivity contribution is 0.0958. The summed E-state index contributed by atoms with van der Waals surface area (Å²) in [7, 11) is 0. The number of nitrogens with zero attached hydrogens (tertiary/aromatic N) is 2. The summed E-state index contributed by atoms with van der Waals surface area (Å²) in [5, 5.41) is 4.26. The van der Waals surface area contributed by atoms with Crippen LogP contribution in [0.3, 0.4) is 0 Å². The largest absolute Gasteiger partial charge is 0.292 e. The van der Waals surface area contributed by atoms with Gasteiger partial charge in [0.05, 0.1) is 22.5 Å².